The molecule has 0 amide bonds. The summed E-state index contributed by atoms with van der Waals surface area (Å²) in [6.45, 7) is 0. The van der Waals surface area contributed by atoms with E-state index in [-0.39, 0.29) is 0 Å². The first kappa shape index (κ1) is 12.7. The molecule has 3 heteroatoms. The number of nitrogens with zero attached hydrogens (tertiary/aromatic N) is 1. The molecule has 0 saturated heterocycles. The van der Waals surface area contributed by atoms with Gasteiger partial charge >= 0.3 is 0 Å². The number of rotatable bonds is 2. The molecular weight excluding hydrogens is 335 g/mol. The first-order valence-electron chi connectivity index (χ1n) is 5.43. The third kappa shape index (κ3) is 2.71. The van der Waals surface area contributed by atoms with Crippen LogP contribution in [0.2, 0.25) is 0 Å². The Morgan fingerprint density at radius 3 is 2.11 bits per heavy atom. The highest BCUT2D eigenvalue weighted by Crippen LogP contribution is 2.22. The van der Waals surface area contributed by atoms with Crippen molar-refractivity contribution < 1.29 is 0 Å². The molecule has 0 spiro atoms. The molecule has 0 aliphatic rings. The average Bonchev–Trinajstić information content (AvgIpc) is 2.41. The number of nitriles is 1. The normalized spacial score (nSPS) is 11.6. The number of hydrogen-bond acceptors (Lipinski definition) is 2. The molecule has 0 aliphatic heterocycles. The molecule has 0 aliphatic carbocycles. The standard InChI is InChI=1S/C15H11IN2/c16-13-8-6-12(7-9-13)15(18)14(10-17)11-4-2-1-3-5-11/h1-9H,18H2/b15-14-. The van der Waals surface area contributed by atoms with Crippen molar-refractivity contribution in [3.8, 4) is 6.07 Å². The van der Waals surface area contributed by atoms with Crippen LogP contribution in [-0.2, 0) is 0 Å². The van der Waals surface area contributed by atoms with Crippen LogP contribution in [0.5, 0.6) is 0 Å². The molecule has 18 heavy (non-hydrogen) atoms. The molecule has 0 aromatic heterocycles. The van der Waals surface area contributed by atoms with E-state index in [1.165, 1.54) is 0 Å². The van der Waals surface area contributed by atoms with Gasteiger partial charge in [-0.25, -0.2) is 0 Å². The maximum absolute atomic E-state index is 9.28. The van der Waals surface area contributed by atoms with E-state index < -0.39 is 0 Å². The van der Waals surface area contributed by atoms with Gasteiger partial charge in [0.2, 0.25) is 0 Å². The van der Waals surface area contributed by atoms with Gasteiger partial charge in [0.15, 0.2) is 0 Å². The first-order valence-corrected chi connectivity index (χ1v) is 6.51. The number of halogens is 1. The van der Waals surface area contributed by atoms with Crippen molar-refractivity contribution in [2.45, 2.75) is 0 Å². The number of benzene rings is 2. The van der Waals surface area contributed by atoms with Crippen LogP contribution in [0.25, 0.3) is 11.3 Å². The van der Waals surface area contributed by atoms with Gasteiger partial charge in [-0.15, -0.1) is 0 Å². The Kier molecular flexibility index (Phi) is 4.00. The Morgan fingerprint density at radius 2 is 1.56 bits per heavy atom. The molecule has 2 aromatic carbocycles. The maximum Gasteiger partial charge on any atom is 0.102 e. The quantitative estimate of drug-likeness (QED) is 0.513. The number of nitrogens with two attached hydrogens (primary N) is 1. The van der Waals surface area contributed by atoms with Crippen LogP contribution in [-0.4, -0.2) is 0 Å². The van der Waals surface area contributed by atoms with Crippen molar-refractivity contribution >= 4 is 33.9 Å². The smallest absolute Gasteiger partial charge is 0.102 e. The van der Waals surface area contributed by atoms with Gasteiger partial charge in [-0.05, 0) is 45.9 Å². The van der Waals surface area contributed by atoms with Crippen LogP contribution in [0.3, 0.4) is 0 Å². The molecule has 0 bridgehead atoms. The van der Waals surface area contributed by atoms with E-state index in [2.05, 4.69) is 28.7 Å². The third-order valence-electron chi connectivity index (χ3n) is 2.60. The van der Waals surface area contributed by atoms with Crippen molar-refractivity contribution in [3.63, 3.8) is 0 Å². The summed E-state index contributed by atoms with van der Waals surface area (Å²) in [5.41, 5.74) is 8.83. The van der Waals surface area contributed by atoms with Crippen LogP contribution < -0.4 is 5.73 Å². The fourth-order valence-electron chi connectivity index (χ4n) is 1.66. The lowest BCUT2D eigenvalue weighted by atomic mass is 10.0. The molecular formula is C15H11IN2. The summed E-state index contributed by atoms with van der Waals surface area (Å²) in [7, 11) is 0. The SMILES string of the molecule is N#C/C(=C(/N)c1ccc(I)cc1)c1ccccc1. The van der Waals surface area contributed by atoms with Gasteiger partial charge in [0, 0.05) is 3.57 Å². The summed E-state index contributed by atoms with van der Waals surface area (Å²) in [5.74, 6) is 0. The van der Waals surface area contributed by atoms with Crippen LogP contribution in [0.1, 0.15) is 11.1 Å². The van der Waals surface area contributed by atoms with Gasteiger partial charge in [-0.2, -0.15) is 5.26 Å². The summed E-state index contributed by atoms with van der Waals surface area (Å²) < 4.78 is 1.14. The minimum Gasteiger partial charge on any atom is -0.397 e. The van der Waals surface area contributed by atoms with E-state index in [9.17, 15) is 5.26 Å². The van der Waals surface area contributed by atoms with E-state index in [1.54, 1.807) is 0 Å². The minimum atomic E-state index is 0.511. The number of hydrogen-bond donors (Lipinski definition) is 1. The summed E-state index contributed by atoms with van der Waals surface area (Å²) in [6, 6.07) is 19.5. The van der Waals surface area contributed by atoms with Crippen molar-refractivity contribution in [2.75, 3.05) is 0 Å². The lowest BCUT2D eigenvalue weighted by Crippen LogP contribution is -2.00. The molecule has 0 heterocycles. The Morgan fingerprint density at radius 1 is 0.944 bits per heavy atom. The molecule has 0 unspecified atom stereocenters. The molecule has 0 atom stereocenters. The predicted molar refractivity (Wildman–Crippen MR) is 82.2 cm³/mol. The highest BCUT2D eigenvalue weighted by Gasteiger charge is 2.07. The predicted octanol–water partition coefficient (Wildman–Crippen LogP) is 3.64. The van der Waals surface area contributed by atoms with E-state index in [4.69, 9.17) is 5.73 Å². The summed E-state index contributed by atoms with van der Waals surface area (Å²) in [6.07, 6.45) is 0. The summed E-state index contributed by atoms with van der Waals surface area (Å²) >= 11 is 2.24. The van der Waals surface area contributed by atoms with E-state index in [1.807, 2.05) is 54.6 Å². The lowest BCUT2D eigenvalue weighted by Gasteiger charge is -2.06. The van der Waals surface area contributed by atoms with E-state index in [0.717, 1.165) is 14.7 Å². The van der Waals surface area contributed by atoms with Gasteiger partial charge in [-0.3, -0.25) is 0 Å². The maximum atomic E-state index is 9.28. The summed E-state index contributed by atoms with van der Waals surface area (Å²) in [5, 5.41) is 9.28. The van der Waals surface area contributed by atoms with Crippen LogP contribution in [0.4, 0.5) is 0 Å². The fraction of sp³-hybridized carbons (Fsp3) is 0. The van der Waals surface area contributed by atoms with Crippen LogP contribution in [0, 0.1) is 14.9 Å². The highest BCUT2D eigenvalue weighted by atomic mass is 127. The highest BCUT2D eigenvalue weighted by molar-refractivity contribution is 14.1. The third-order valence-corrected chi connectivity index (χ3v) is 3.32. The lowest BCUT2D eigenvalue weighted by molar-refractivity contribution is 1.47. The van der Waals surface area contributed by atoms with Crippen molar-refractivity contribution in [3.05, 3.63) is 69.3 Å². The van der Waals surface area contributed by atoms with E-state index >= 15 is 0 Å². The van der Waals surface area contributed by atoms with Gasteiger partial charge in [0.25, 0.3) is 0 Å². The van der Waals surface area contributed by atoms with Gasteiger partial charge in [0.1, 0.15) is 6.07 Å². The average molecular weight is 346 g/mol. The van der Waals surface area contributed by atoms with Crippen LogP contribution >= 0.6 is 22.6 Å². The molecule has 2 N–H and O–H groups in total. The summed E-state index contributed by atoms with van der Waals surface area (Å²) in [4.78, 5) is 0. The number of allylic oxidation sites excluding steroid dienone is 1. The fourth-order valence-corrected chi connectivity index (χ4v) is 2.02. The largest absolute Gasteiger partial charge is 0.397 e. The second-order valence-corrected chi connectivity index (χ2v) is 5.02. The van der Waals surface area contributed by atoms with Gasteiger partial charge in [0.05, 0.1) is 11.3 Å². The Balaban J connectivity index is 2.51. The molecule has 2 aromatic rings. The van der Waals surface area contributed by atoms with Crippen molar-refractivity contribution in [1.82, 2.24) is 0 Å². The Labute approximate surface area is 120 Å². The molecule has 0 radical (unpaired) electrons. The molecule has 0 saturated carbocycles. The Bertz CT molecular complexity index is 607. The van der Waals surface area contributed by atoms with Gasteiger partial charge in [-0.1, -0.05) is 42.5 Å². The minimum absolute atomic E-state index is 0.511. The zero-order valence-electron chi connectivity index (χ0n) is 9.60. The zero-order valence-corrected chi connectivity index (χ0v) is 11.8. The first-order chi connectivity index (χ1) is 8.72. The molecule has 0 fully saturated rings. The molecule has 2 nitrogen and oxygen atoms in total. The monoisotopic (exact) mass is 346 g/mol. The van der Waals surface area contributed by atoms with E-state index in [0.29, 0.717) is 11.3 Å². The molecule has 2 rings (SSSR count). The van der Waals surface area contributed by atoms with Crippen LogP contribution in [0.15, 0.2) is 54.6 Å². The molecule has 88 valence electrons. The topological polar surface area (TPSA) is 49.8 Å². The van der Waals surface area contributed by atoms with Crippen molar-refractivity contribution in [2.24, 2.45) is 5.73 Å². The van der Waals surface area contributed by atoms with Gasteiger partial charge < -0.3 is 5.73 Å². The Hall–Kier alpha value is -1.80. The second kappa shape index (κ2) is 5.69. The second-order valence-electron chi connectivity index (χ2n) is 3.77. The zero-order chi connectivity index (χ0) is 13.0. The van der Waals surface area contributed by atoms with Crippen molar-refractivity contribution in [1.29, 1.82) is 5.26 Å².